The Morgan fingerprint density at radius 1 is 1.20 bits per heavy atom. The van der Waals surface area contributed by atoms with Gasteiger partial charge in [-0.1, -0.05) is 18.2 Å². The summed E-state index contributed by atoms with van der Waals surface area (Å²) in [6.45, 7) is 0.326. The second-order valence-corrected chi connectivity index (χ2v) is 5.12. The predicted molar refractivity (Wildman–Crippen MR) is 69.0 cm³/mol. The number of halogens is 1. The van der Waals surface area contributed by atoms with E-state index in [9.17, 15) is 19.1 Å². The van der Waals surface area contributed by atoms with Gasteiger partial charge in [0.1, 0.15) is 5.82 Å². The smallest absolute Gasteiger partial charge is 0.407 e. The van der Waals surface area contributed by atoms with Gasteiger partial charge in [-0.05, 0) is 30.9 Å². The van der Waals surface area contributed by atoms with Gasteiger partial charge in [0.2, 0.25) is 0 Å². The van der Waals surface area contributed by atoms with Gasteiger partial charge in [0.15, 0.2) is 0 Å². The van der Waals surface area contributed by atoms with Crippen LogP contribution < -0.4 is 0 Å². The molecule has 6 heteroatoms. The van der Waals surface area contributed by atoms with Crippen molar-refractivity contribution in [1.29, 1.82) is 0 Å². The summed E-state index contributed by atoms with van der Waals surface area (Å²) in [5.41, 5.74) is -0.729. The van der Waals surface area contributed by atoms with E-state index in [1.165, 1.54) is 11.0 Å². The summed E-state index contributed by atoms with van der Waals surface area (Å²) in [7, 11) is 0. The Morgan fingerprint density at radius 3 is 2.30 bits per heavy atom. The number of carboxylic acid groups (broad SMARTS) is 2. The first kappa shape index (κ1) is 14.3. The zero-order valence-electron chi connectivity index (χ0n) is 10.9. The molecule has 20 heavy (non-hydrogen) atoms. The molecular formula is C14H16FNO4. The standard InChI is InChI=1S/C14H16FNO4/c15-11-4-2-1-3-10(11)9-14(12(17)18)5-7-16(8-6-14)13(19)20/h1-4H,5-9H2,(H,17,18)(H,19,20). The van der Waals surface area contributed by atoms with Crippen LogP contribution in [-0.2, 0) is 11.2 Å². The molecule has 0 saturated carbocycles. The van der Waals surface area contributed by atoms with Crippen molar-refractivity contribution in [2.24, 2.45) is 5.41 Å². The molecule has 1 heterocycles. The molecule has 0 unspecified atom stereocenters. The van der Waals surface area contributed by atoms with Crippen LogP contribution in [0.25, 0.3) is 0 Å². The third kappa shape index (κ3) is 2.74. The minimum absolute atomic E-state index is 0.0858. The van der Waals surface area contributed by atoms with Crippen molar-refractivity contribution in [3.63, 3.8) is 0 Å². The lowest BCUT2D eigenvalue weighted by molar-refractivity contribution is -0.151. The quantitative estimate of drug-likeness (QED) is 0.890. The van der Waals surface area contributed by atoms with Crippen LogP contribution in [0.15, 0.2) is 24.3 Å². The van der Waals surface area contributed by atoms with Gasteiger partial charge in [-0.25, -0.2) is 9.18 Å². The van der Waals surface area contributed by atoms with Gasteiger partial charge in [-0.3, -0.25) is 4.79 Å². The monoisotopic (exact) mass is 281 g/mol. The molecule has 0 aromatic heterocycles. The minimum Gasteiger partial charge on any atom is -0.481 e. The van der Waals surface area contributed by atoms with E-state index >= 15 is 0 Å². The van der Waals surface area contributed by atoms with Crippen LogP contribution in [-0.4, -0.2) is 40.3 Å². The number of carboxylic acids is 1. The van der Waals surface area contributed by atoms with Gasteiger partial charge in [-0.2, -0.15) is 0 Å². The number of hydrogen-bond donors (Lipinski definition) is 2. The van der Waals surface area contributed by atoms with Crippen LogP contribution in [0.3, 0.4) is 0 Å². The molecule has 0 spiro atoms. The Balaban J connectivity index is 2.18. The first-order valence-electron chi connectivity index (χ1n) is 6.39. The maximum atomic E-state index is 13.7. The second kappa shape index (κ2) is 5.48. The topological polar surface area (TPSA) is 77.8 Å². The van der Waals surface area contributed by atoms with Crippen LogP contribution >= 0.6 is 0 Å². The number of likely N-dealkylation sites (tertiary alicyclic amines) is 1. The molecule has 0 aliphatic carbocycles. The van der Waals surface area contributed by atoms with Crippen molar-refractivity contribution in [3.8, 4) is 0 Å². The number of benzene rings is 1. The van der Waals surface area contributed by atoms with Gasteiger partial charge in [0.05, 0.1) is 5.41 Å². The van der Waals surface area contributed by atoms with E-state index in [-0.39, 0.29) is 32.4 Å². The normalized spacial score (nSPS) is 17.8. The molecule has 1 fully saturated rings. The maximum absolute atomic E-state index is 13.7. The van der Waals surface area contributed by atoms with Crippen LogP contribution in [0.2, 0.25) is 0 Å². The molecule has 1 aliphatic heterocycles. The molecule has 0 atom stereocenters. The molecule has 108 valence electrons. The molecule has 2 N–H and O–H groups in total. The number of carbonyl (C=O) groups is 2. The minimum atomic E-state index is -1.09. The van der Waals surface area contributed by atoms with Crippen LogP contribution in [0.1, 0.15) is 18.4 Å². The first-order chi connectivity index (χ1) is 9.44. The van der Waals surface area contributed by atoms with E-state index in [0.29, 0.717) is 5.56 Å². The summed E-state index contributed by atoms with van der Waals surface area (Å²) in [4.78, 5) is 23.6. The third-order valence-electron chi connectivity index (χ3n) is 3.93. The van der Waals surface area contributed by atoms with Gasteiger partial charge in [-0.15, -0.1) is 0 Å². The average molecular weight is 281 g/mol. The largest absolute Gasteiger partial charge is 0.481 e. The number of hydrogen-bond acceptors (Lipinski definition) is 2. The first-order valence-corrected chi connectivity index (χ1v) is 6.39. The second-order valence-electron chi connectivity index (χ2n) is 5.12. The molecule has 1 aliphatic rings. The van der Waals surface area contributed by atoms with Gasteiger partial charge < -0.3 is 15.1 Å². The lowest BCUT2D eigenvalue weighted by Crippen LogP contribution is -2.47. The molecule has 0 bridgehead atoms. The molecule has 1 amide bonds. The summed E-state index contributed by atoms with van der Waals surface area (Å²) in [6, 6.07) is 6.10. The highest BCUT2D eigenvalue weighted by Gasteiger charge is 2.42. The zero-order chi connectivity index (χ0) is 14.8. The Kier molecular flexibility index (Phi) is 3.92. The SMILES string of the molecule is O=C(O)N1CCC(Cc2ccccc2F)(C(=O)O)CC1. The number of nitrogens with zero attached hydrogens (tertiary/aromatic N) is 1. The van der Waals surface area contributed by atoms with Crippen LogP contribution in [0.4, 0.5) is 9.18 Å². The fourth-order valence-corrected chi connectivity index (χ4v) is 2.60. The molecule has 1 aromatic rings. The maximum Gasteiger partial charge on any atom is 0.407 e. The Bertz CT molecular complexity index is 524. The van der Waals surface area contributed by atoms with E-state index in [2.05, 4.69) is 0 Å². The number of rotatable bonds is 3. The Morgan fingerprint density at radius 2 is 1.80 bits per heavy atom. The third-order valence-corrected chi connectivity index (χ3v) is 3.93. The van der Waals surface area contributed by atoms with E-state index in [1.807, 2.05) is 0 Å². The average Bonchev–Trinajstić information content (AvgIpc) is 2.42. The summed E-state index contributed by atoms with van der Waals surface area (Å²) in [6.07, 6.45) is -0.566. The molecular weight excluding hydrogens is 265 g/mol. The van der Waals surface area contributed by atoms with Crippen LogP contribution in [0.5, 0.6) is 0 Å². The lowest BCUT2D eigenvalue weighted by Gasteiger charge is -2.37. The predicted octanol–water partition coefficient (Wildman–Crippen LogP) is 2.21. The molecule has 1 aromatic carbocycles. The van der Waals surface area contributed by atoms with E-state index in [4.69, 9.17) is 5.11 Å². The van der Waals surface area contributed by atoms with Crippen molar-refractivity contribution >= 4 is 12.1 Å². The highest BCUT2D eigenvalue weighted by atomic mass is 19.1. The fraction of sp³-hybridized carbons (Fsp3) is 0.429. The molecule has 0 radical (unpaired) electrons. The van der Waals surface area contributed by atoms with Crippen molar-refractivity contribution in [2.45, 2.75) is 19.3 Å². The highest BCUT2D eigenvalue weighted by molar-refractivity contribution is 5.76. The zero-order valence-corrected chi connectivity index (χ0v) is 10.9. The highest BCUT2D eigenvalue weighted by Crippen LogP contribution is 2.36. The van der Waals surface area contributed by atoms with Crippen LogP contribution in [0, 0.1) is 11.2 Å². The van der Waals surface area contributed by atoms with Crippen molar-refractivity contribution in [1.82, 2.24) is 4.90 Å². The Labute approximate surface area is 115 Å². The van der Waals surface area contributed by atoms with Crippen molar-refractivity contribution < 1.29 is 24.2 Å². The molecule has 5 nitrogen and oxygen atoms in total. The number of piperidine rings is 1. The van der Waals surface area contributed by atoms with E-state index in [1.54, 1.807) is 18.2 Å². The lowest BCUT2D eigenvalue weighted by atomic mass is 9.74. The molecule has 1 saturated heterocycles. The Hall–Kier alpha value is -2.11. The fourth-order valence-electron chi connectivity index (χ4n) is 2.60. The van der Waals surface area contributed by atoms with E-state index in [0.717, 1.165) is 0 Å². The van der Waals surface area contributed by atoms with Gasteiger partial charge in [0.25, 0.3) is 0 Å². The summed E-state index contributed by atoms with van der Waals surface area (Å²) in [5.74, 6) is -1.42. The molecule has 2 rings (SSSR count). The summed E-state index contributed by atoms with van der Waals surface area (Å²) in [5, 5.41) is 18.4. The van der Waals surface area contributed by atoms with Gasteiger partial charge >= 0.3 is 12.1 Å². The summed E-state index contributed by atoms with van der Waals surface area (Å²) >= 11 is 0. The van der Waals surface area contributed by atoms with Gasteiger partial charge in [0, 0.05) is 13.1 Å². The van der Waals surface area contributed by atoms with Crippen molar-refractivity contribution in [2.75, 3.05) is 13.1 Å². The van der Waals surface area contributed by atoms with Crippen molar-refractivity contribution in [3.05, 3.63) is 35.6 Å². The summed E-state index contributed by atoms with van der Waals surface area (Å²) < 4.78 is 13.7. The number of aliphatic carboxylic acids is 1. The van der Waals surface area contributed by atoms with E-state index < -0.39 is 23.3 Å². The number of amides is 1.